The number of carbonyl (C=O) groups excluding carboxylic acids is 1. The number of benzene rings is 1. The lowest BCUT2D eigenvalue weighted by Crippen LogP contribution is -2.21. The van der Waals surface area contributed by atoms with Crippen LogP contribution in [0.5, 0.6) is 5.75 Å². The average Bonchev–Trinajstić information content (AvgIpc) is 2.15. The van der Waals surface area contributed by atoms with Crippen LogP contribution in [0.15, 0.2) is 12.1 Å². The summed E-state index contributed by atoms with van der Waals surface area (Å²) in [4.78, 5) is 12.5. The van der Waals surface area contributed by atoms with Crippen LogP contribution in [0.2, 0.25) is 0 Å². The van der Waals surface area contributed by atoms with Gasteiger partial charge in [-0.2, -0.15) is 0 Å². The number of halogens is 1. The van der Waals surface area contributed by atoms with Crippen molar-refractivity contribution in [2.24, 2.45) is 0 Å². The van der Waals surface area contributed by atoms with Gasteiger partial charge in [-0.3, -0.25) is 9.69 Å². The van der Waals surface area contributed by atoms with Crippen molar-refractivity contribution in [3.63, 3.8) is 0 Å². The van der Waals surface area contributed by atoms with E-state index in [9.17, 15) is 4.79 Å². The number of rotatable bonds is 2. The highest BCUT2D eigenvalue weighted by Gasteiger charge is 2.16. The fourth-order valence-corrected chi connectivity index (χ4v) is 1.68. The maximum absolute atomic E-state index is 11.1. The largest absolute Gasteiger partial charge is 0.495 e. The molecule has 0 N–H and O–H groups in total. The molecular weight excluding hydrogens is 214 g/mol. The molecule has 0 aliphatic carbocycles. The van der Waals surface area contributed by atoms with Crippen LogP contribution in [0.25, 0.3) is 0 Å². The Morgan fingerprint density at radius 1 is 1.40 bits per heavy atom. The van der Waals surface area contributed by atoms with Gasteiger partial charge in [0.15, 0.2) is 0 Å². The Hall–Kier alpha value is -1.22. The van der Waals surface area contributed by atoms with Gasteiger partial charge in [-0.25, -0.2) is 0 Å². The van der Waals surface area contributed by atoms with E-state index in [0.29, 0.717) is 11.4 Å². The van der Waals surface area contributed by atoms with Crippen molar-refractivity contribution in [2.75, 3.05) is 19.1 Å². The molecular formula is C11H14ClNO2. The fourth-order valence-electron chi connectivity index (χ4n) is 1.59. The number of aryl methyl sites for hydroxylation is 2. The van der Waals surface area contributed by atoms with Gasteiger partial charge in [0.25, 0.3) is 0 Å². The molecule has 0 aromatic heterocycles. The topological polar surface area (TPSA) is 29.5 Å². The predicted octanol–water partition coefficient (Wildman–Crippen LogP) is 3.11. The van der Waals surface area contributed by atoms with Crippen molar-refractivity contribution >= 4 is 22.7 Å². The first-order chi connectivity index (χ1) is 6.97. The minimum Gasteiger partial charge on any atom is -0.495 e. The lowest BCUT2D eigenvalue weighted by molar-refractivity contribution is 0.265. The molecule has 1 rings (SSSR count). The van der Waals surface area contributed by atoms with Crippen molar-refractivity contribution in [3.05, 3.63) is 23.3 Å². The third-order valence-electron chi connectivity index (χ3n) is 2.23. The maximum atomic E-state index is 11.1. The van der Waals surface area contributed by atoms with E-state index < -0.39 is 5.37 Å². The minimum atomic E-state index is -0.528. The molecule has 0 saturated heterocycles. The number of hydrogen-bond acceptors (Lipinski definition) is 2. The summed E-state index contributed by atoms with van der Waals surface area (Å²) in [7, 11) is 3.19. The smallest absolute Gasteiger partial charge is 0.320 e. The molecule has 1 aromatic carbocycles. The van der Waals surface area contributed by atoms with Crippen LogP contribution < -0.4 is 9.64 Å². The molecule has 0 aliphatic heterocycles. The van der Waals surface area contributed by atoms with Crippen LogP contribution >= 0.6 is 11.6 Å². The van der Waals surface area contributed by atoms with E-state index in [0.717, 1.165) is 11.1 Å². The normalized spacial score (nSPS) is 9.93. The zero-order chi connectivity index (χ0) is 11.6. The zero-order valence-corrected chi connectivity index (χ0v) is 10.1. The summed E-state index contributed by atoms with van der Waals surface area (Å²) >= 11 is 5.43. The molecule has 3 nitrogen and oxygen atoms in total. The molecule has 82 valence electrons. The van der Waals surface area contributed by atoms with Crippen LogP contribution in [0.1, 0.15) is 11.1 Å². The Balaban J connectivity index is 3.32. The first-order valence-electron chi connectivity index (χ1n) is 4.55. The van der Waals surface area contributed by atoms with Crippen LogP contribution in [0.3, 0.4) is 0 Å². The molecule has 0 unspecified atom stereocenters. The molecule has 4 heteroatoms. The first kappa shape index (κ1) is 11.9. The molecule has 0 bridgehead atoms. The van der Waals surface area contributed by atoms with Gasteiger partial charge < -0.3 is 4.74 Å². The summed E-state index contributed by atoms with van der Waals surface area (Å²) in [6.45, 7) is 3.89. The SMILES string of the molecule is COc1cc(C)cc(C)c1N(C)C(=O)Cl. The second-order valence-corrected chi connectivity index (χ2v) is 3.77. The summed E-state index contributed by atoms with van der Waals surface area (Å²) in [5, 5.41) is -0.528. The van der Waals surface area contributed by atoms with Crippen LogP contribution in [0.4, 0.5) is 10.5 Å². The number of amides is 1. The highest BCUT2D eigenvalue weighted by atomic mass is 35.5. The fraction of sp³-hybridized carbons (Fsp3) is 0.364. The van der Waals surface area contributed by atoms with Gasteiger partial charge >= 0.3 is 5.37 Å². The summed E-state index contributed by atoms with van der Waals surface area (Å²) in [5.41, 5.74) is 2.76. The number of anilines is 1. The molecule has 0 radical (unpaired) electrons. The van der Waals surface area contributed by atoms with Gasteiger partial charge in [0.2, 0.25) is 0 Å². The second-order valence-electron chi connectivity index (χ2n) is 3.44. The first-order valence-corrected chi connectivity index (χ1v) is 4.93. The van der Waals surface area contributed by atoms with Gasteiger partial charge in [0.05, 0.1) is 12.8 Å². The van der Waals surface area contributed by atoms with E-state index in [-0.39, 0.29) is 0 Å². The molecule has 1 amide bonds. The number of ether oxygens (including phenoxy) is 1. The van der Waals surface area contributed by atoms with E-state index in [4.69, 9.17) is 16.3 Å². The van der Waals surface area contributed by atoms with E-state index in [1.807, 2.05) is 26.0 Å². The Morgan fingerprint density at radius 2 is 2.00 bits per heavy atom. The zero-order valence-electron chi connectivity index (χ0n) is 9.30. The molecule has 0 spiro atoms. The quantitative estimate of drug-likeness (QED) is 0.574. The molecule has 0 heterocycles. The van der Waals surface area contributed by atoms with E-state index >= 15 is 0 Å². The molecule has 15 heavy (non-hydrogen) atoms. The lowest BCUT2D eigenvalue weighted by Gasteiger charge is -2.20. The number of nitrogens with zero attached hydrogens (tertiary/aromatic N) is 1. The molecule has 1 aromatic rings. The Morgan fingerprint density at radius 3 is 2.47 bits per heavy atom. The van der Waals surface area contributed by atoms with E-state index in [1.165, 1.54) is 4.90 Å². The van der Waals surface area contributed by atoms with Crippen molar-refractivity contribution in [1.82, 2.24) is 0 Å². The third kappa shape index (κ3) is 2.42. The van der Waals surface area contributed by atoms with E-state index in [1.54, 1.807) is 14.2 Å². The minimum absolute atomic E-state index is 0.528. The Bertz CT molecular complexity index is 390. The average molecular weight is 228 g/mol. The van der Waals surface area contributed by atoms with Crippen LogP contribution in [0, 0.1) is 13.8 Å². The van der Waals surface area contributed by atoms with Gasteiger partial charge in [0.1, 0.15) is 5.75 Å². The highest BCUT2D eigenvalue weighted by Crippen LogP contribution is 2.33. The molecule has 0 fully saturated rings. The van der Waals surface area contributed by atoms with Gasteiger partial charge in [-0.1, -0.05) is 6.07 Å². The van der Waals surface area contributed by atoms with Crippen molar-refractivity contribution in [3.8, 4) is 5.75 Å². The van der Waals surface area contributed by atoms with Gasteiger partial charge in [-0.15, -0.1) is 0 Å². The van der Waals surface area contributed by atoms with Crippen molar-refractivity contribution < 1.29 is 9.53 Å². The standard InChI is InChI=1S/C11H14ClNO2/c1-7-5-8(2)10(9(6-7)15-4)13(3)11(12)14/h5-6H,1-4H3. The predicted molar refractivity (Wildman–Crippen MR) is 62.1 cm³/mol. The summed E-state index contributed by atoms with van der Waals surface area (Å²) in [5.74, 6) is 0.656. The maximum Gasteiger partial charge on any atom is 0.320 e. The summed E-state index contributed by atoms with van der Waals surface area (Å²) in [6.07, 6.45) is 0. The molecule has 0 atom stereocenters. The van der Waals surface area contributed by atoms with Crippen LogP contribution in [-0.4, -0.2) is 19.5 Å². The summed E-state index contributed by atoms with van der Waals surface area (Å²) < 4.78 is 5.23. The Labute approximate surface area is 94.6 Å². The third-order valence-corrected chi connectivity index (χ3v) is 2.48. The van der Waals surface area contributed by atoms with Gasteiger partial charge in [0, 0.05) is 7.05 Å². The monoisotopic (exact) mass is 227 g/mol. The highest BCUT2D eigenvalue weighted by molar-refractivity contribution is 6.66. The number of hydrogen-bond donors (Lipinski definition) is 0. The molecule has 0 aliphatic rings. The second kappa shape index (κ2) is 4.53. The van der Waals surface area contributed by atoms with Crippen molar-refractivity contribution in [2.45, 2.75) is 13.8 Å². The van der Waals surface area contributed by atoms with Crippen molar-refractivity contribution in [1.29, 1.82) is 0 Å². The van der Waals surface area contributed by atoms with Gasteiger partial charge in [-0.05, 0) is 42.6 Å². The Kier molecular flexibility index (Phi) is 3.58. The van der Waals surface area contributed by atoms with Crippen LogP contribution in [-0.2, 0) is 0 Å². The van der Waals surface area contributed by atoms with E-state index in [2.05, 4.69) is 0 Å². The number of carbonyl (C=O) groups is 1. The lowest BCUT2D eigenvalue weighted by atomic mass is 10.1. The number of methoxy groups -OCH3 is 1. The summed E-state index contributed by atoms with van der Waals surface area (Å²) in [6, 6.07) is 3.85. The molecule has 0 saturated carbocycles.